The zero-order valence-electron chi connectivity index (χ0n) is 5.19. The van der Waals surface area contributed by atoms with Gasteiger partial charge in [-0.25, -0.2) is 0 Å². The molecule has 46 valence electrons. The molecule has 0 amide bonds. The number of halogens is 1. The van der Waals surface area contributed by atoms with Gasteiger partial charge in [0.1, 0.15) is 0 Å². The van der Waals surface area contributed by atoms with Crippen molar-refractivity contribution >= 4 is 34.8 Å². The Morgan fingerprint density at radius 1 is 1.62 bits per heavy atom. The van der Waals surface area contributed by atoms with Gasteiger partial charge in [-0.2, -0.15) is 11.8 Å². The number of hydrogen-bond donors (Lipinski definition) is 0. The molecule has 0 aliphatic carbocycles. The number of rotatable bonds is 2. The standard InChI is InChI=1S/C4H9OS.BrH.Mg/c1-3-6-4(2)5;;/h4H,3H2,1-2H3;1H;/q-1;;+2/p-1. The van der Waals surface area contributed by atoms with E-state index in [4.69, 9.17) is 0 Å². The summed E-state index contributed by atoms with van der Waals surface area (Å²) in [6.45, 7) is 3.65. The normalized spacial score (nSPS) is 10.9. The van der Waals surface area contributed by atoms with Crippen molar-refractivity contribution in [3.63, 3.8) is 0 Å². The molecule has 8 heavy (non-hydrogen) atoms. The Morgan fingerprint density at radius 2 is 2.00 bits per heavy atom. The van der Waals surface area contributed by atoms with E-state index < -0.39 is 5.44 Å². The summed E-state index contributed by atoms with van der Waals surface area (Å²) in [5, 5.41) is 10.1. The maximum absolute atomic E-state index is 10.1. The smallest absolute Gasteiger partial charge is 1.00 e. The molecule has 1 nitrogen and oxygen atoms in total. The maximum atomic E-state index is 10.1. The van der Waals surface area contributed by atoms with Gasteiger partial charge in [-0.05, 0) is 5.75 Å². The van der Waals surface area contributed by atoms with Crippen LogP contribution in [0.4, 0.5) is 0 Å². The monoisotopic (exact) mass is 208 g/mol. The molecule has 0 saturated carbocycles. The third-order valence-corrected chi connectivity index (χ3v) is 1.20. The average molecular weight is 209 g/mol. The van der Waals surface area contributed by atoms with Gasteiger partial charge in [-0.3, -0.25) is 0 Å². The molecule has 0 aliphatic heterocycles. The molecule has 4 heteroatoms. The van der Waals surface area contributed by atoms with Gasteiger partial charge in [0.2, 0.25) is 0 Å². The first kappa shape index (κ1) is 16.3. The predicted molar refractivity (Wildman–Crippen MR) is 33.3 cm³/mol. The largest absolute Gasteiger partial charge is 2.00 e. The molecular formula is C4H9BrMgOS. The second kappa shape index (κ2) is 11.4. The van der Waals surface area contributed by atoms with Crippen LogP contribution in [0.5, 0.6) is 0 Å². The molecule has 1 atom stereocenters. The maximum Gasteiger partial charge on any atom is 2.00 e. The summed E-state index contributed by atoms with van der Waals surface area (Å²) >= 11 is 1.43. The molecule has 0 aromatic rings. The zero-order chi connectivity index (χ0) is 4.99. The number of thioether (sulfide) groups is 1. The van der Waals surface area contributed by atoms with Crippen molar-refractivity contribution in [1.29, 1.82) is 0 Å². The Labute approximate surface area is 81.5 Å². The summed E-state index contributed by atoms with van der Waals surface area (Å²) in [5.74, 6) is 0.935. The van der Waals surface area contributed by atoms with Crippen molar-refractivity contribution in [3.8, 4) is 0 Å². The van der Waals surface area contributed by atoms with E-state index in [2.05, 4.69) is 0 Å². The minimum absolute atomic E-state index is 0. The molecule has 0 aromatic carbocycles. The fraction of sp³-hybridized carbons (Fsp3) is 1.00. The van der Waals surface area contributed by atoms with Crippen LogP contribution in [-0.4, -0.2) is 34.2 Å². The summed E-state index contributed by atoms with van der Waals surface area (Å²) in [4.78, 5) is 0. The summed E-state index contributed by atoms with van der Waals surface area (Å²) in [6.07, 6.45) is 0. The summed E-state index contributed by atoms with van der Waals surface area (Å²) in [6, 6.07) is 0. The van der Waals surface area contributed by atoms with Gasteiger partial charge in [0.25, 0.3) is 0 Å². The van der Waals surface area contributed by atoms with Crippen molar-refractivity contribution < 1.29 is 22.1 Å². The Hall–Kier alpha value is 1.56. The van der Waals surface area contributed by atoms with E-state index in [-0.39, 0.29) is 40.0 Å². The van der Waals surface area contributed by atoms with Crippen LogP contribution in [0.2, 0.25) is 0 Å². The van der Waals surface area contributed by atoms with E-state index in [9.17, 15) is 5.11 Å². The minimum Gasteiger partial charge on any atom is -1.00 e. The molecule has 0 N–H and O–H groups in total. The molecule has 1 unspecified atom stereocenters. The van der Waals surface area contributed by atoms with Crippen LogP contribution in [0.25, 0.3) is 0 Å². The molecule has 0 saturated heterocycles. The van der Waals surface area contributed by atoms with Crippen LogP contribution >= 0.6 is 11.8 Å². The van der Waals surface area contributed by atoms with Crippen LogP contribution in [0.1, 0.15) is 13.8 Å². The van der Waals surface area contributed by atoms with E-state index in [1.807, 2.05) is 6.92 Å². The first-order chi connectivity index (χ1) is 2.77. The fourth-order valence-corrected chi connectivity index (χ4v) is 0.704. The second-order valence-corrected chi connectivity index (χ2v) is 2.60. The first-order valence-electron chi connectivity index (χ1n) is 2.04. The van der Waals surface area contributed by atoms with Crippen molar-refractivity contribution in [1.82, 2.24) is 0 Å². The van der Waals surface area contributed by atoms with Gasteiger partial charge in [-0.1, -0.05) is 19.3 Å². The third kappa shape index (κ3) is 15.6. The summed E-state index contributed by atoms with van der Waals surface area (Å²) < 4.78 is 0. The van der Waals surface area contributed by atoms with E-state index in [0.29, 0.717) is 0 Å². The topological polar surface area (TPSA) is 23.1 Å². The summed E-state index contributed by atoms with van der Waals surface area (Å²) in [7, 11) is 0. The van der Waals surface area contributed by atoms with Gasteiger partial charge in [0.05, 0.1) is 0 Å². The minimum atomic E-state index is -0.435. The van der Waals surface area contributed by atoms with Gasteiger partial charge >= 0.3 is 23.1 Å². The molecule has 0 heterocycles. The molecule has 0 rings (SSSR count). The Balaban J connectivity index is -0.000000125. The van der Waals surface area contributed by atoms with Gasteiger partial charge in [0.15, 0.2) is 0 Å². The Bertz CT molecular complexity index is 37.2. The molecule has 0 fully saturated rings. The number of hydrogen-bond acceptors (Lipinski definition) is 2. The van der Waals surface area contributed by atoms with Crippen LogP contribution in [0.3, 0.4) is 0 Å². The van der Waals surface area contributed by atoms with Crippen LogP contribution in [-0.2, 0) is 0 Å². The van der Waals surface area contributed by atoms with Gasteiger partial charge < -0.3 is 22.1 Å². The van der Waals surface area contributed by atoms with Crippen LogP contribution < -0.4 is 22.1 Å². The van der Waals surface area contributed by atoms with E-state index in [1.54, 1.807) is 6.92 Å². The van der Waals surface area contributed by atoms with Crippen LogP contribution in [0, 0.1) is 0 Å². The molecule has 0 aliphatic rings. The predicted octanol–water partition coefficient (Wildman–Crippen LogP) is -2.93. The van der Waals surface area contributed by atoms with E-state index >= 15 is 0 Å². The van der Waals surface area contributed by atoms with Crippen molar-refractivity contribution in [2.24, 2.45) is 0 Å². The van der Waals surface area contributed by atoms with Crippen molar-refractivity contribution in [2.75, 3.05) is 5.75 Å². The Kier molecular flexibility index (Phi) is 23.1. The second-order valence-electron chi connectivity index (χ2n) is 1.02. The summed E-state index contributed by atoms with van der Waals surface area (Å²) in [5.41, 5.74) is -0.435. The first-order valence-corrected chi connectivity index (χ1v) is 3.09. The molecular weight excluding hydrogens is 200 g/mol. The molecule has 0 radical (unpaired) electrons. The van der Waals surface area contributed by atoms with Crippen molar-refractivity contribution in [3.05, 3.63) is 0 Å². The Morgan fingerprint density at radius 3 is 2.00 bits per heavy atom. The van der Waals surface area contributed by atoms with E-state index in [1.165, 1.54) is 11.8 Å². The average Bonchev–Trinajstić information content (AvgIpc) is 1.35. The van der Waals surface area contributed by atoms with Gasteiger partial charge in [-0.15, -0.1) is 0 Å². The molecule has 0 aromatic heterocycles. The van der Waals surface area contributed by atoms with Crippen LogP contribution in [0.15, 0.2) is 0 Å². The molecule has 0 spiro atoms. The fourth-order valence-electron chi connectivity index (χ4n) is 0.235. The SMILES string of the molecule is CCSC(C)[O-].[Br-].[Mg+2]. The molecule has 0 bridgehead atoms. The van der Waals surface area contributed by atoms with E-state index in [0.717, 1.165) is 5.75 Å². The van der Waals surface area contributed by atoms with Crippen molar-refractivity contribution in [2.45, 2.75) is 19.3 Å². The third-order valence-electron chi connectivity index (χ3n) is 0.401. The quantitative estimate of drug-likeness (QED) is 0.359. The van der Waals surface area contributed by atoms with Gasteiger partial charge in [0, 0.05) is 0 Å². The zero-order valence-corrected chi connectivity index (χ0v) is 9.00.